The molecule has 1 fully saturated rings. The van der Waals surface area contributed by atoms with E-state index < -0.39 is 0 Å². The third-order valence-corrected chi connectivity index (χ3v) is 2.77. The van der Waals surface area contributed by atoms with E-state index in [1.807, 2.05) is 18.0 Å². The molecule has 0 atom stereocenters. The highest BCUT2D eigenvalue weighted by molar-refractivity contribution is 5.50. The molecule has 1 aromatic rings. The Hall–Kier alpha value is -1.83. The van der Waals surface area contributed by atoms with Crippen molar-refractivity contribution in [3.05, 3.63) is 12.4 Å². The van der Waals surface area contributed by atoms with Gasteiger partial charge in [0.1, 0.15) is 24.5 Å². The van der Waals surface area contributed by atoms with Gasteiger partial charge in [0.05, 0.1) is 6.07 Å². The van der Waals surface area contributed by atoms with E-state index in [2.05, 4.69) is 20.9 Å². The molecule has 2 rings (SSSR count). The molecule has 1 aliphatic heterocycles. The molecule has 0 aromatic carbocycles. The molecule has 1 aromatic heterocycles. The fourth-order valence-electron chi connectivity index (χ4n) is 1.85. The van der Waals surface area contributed by atoms with Crippen LogP contribution < -0.4 is 9.80 Å². The summed E-state index contributed by atoms with van der Waals surface area (Å²) in [7, 11) is 1.86. The fourth-order valence-corrected chi connectivity index (χ4v) is 1.85. The molecule has 0 radical (unpaired) electrons. The van der Waals surface area contributed by atoms with E-state index in [9.17, 15) is 0 Å². The Labute approximate surface area is 95.3 Å². The van der Waals surface area contributed by atoms with Gasteiger partial charge in [0.15, 0.2) is 0 Å². The van der Waals surface area contributed by atoms with Gasteiger partial charge >= 0.3 is 0 Å². The molecular formula is C11H15N5. The molecule has 0 N–H and O–H groups in total. The summed E-state index contributed by atoms with van der Waals surface area (Å²) in [6.45, 7) is 2.48. The van der Waals surface area contributed by atoms with Crippen LogP contribution in [-0.4, -0.2) is 36.6 Å². The predicted octanol–water partition coefficient (Wildman–Crippen LogP) is 1.04. The van der Waals surface area contributed by atoms with E-state index in [1.165, 1.54) is 12.8 Å². The van der Waals surface area contributed by atoms with Crippen LogP contribution >= 0.6 is 0 Å². The van der Waals surface area contributed by atoms with Crippen LogP contribution in [0.15, 0.2) is 12.4 Å². The number of nitrogens with zero attached hydrogens (tertiary/aromatic N) is 5. The maximum absolute atomic E-state index is 8.63. The smallest absolute Gasteiger partial charge is 0.134 e. The third kappa shape index (κ3) is 2.22. The molecule has 84 valence electrons. The van der Waals surface area contributed by atoms with Gasteiger partial charge in [-0.2, -0.15) is 5.26 Å². The lowest BCUT2D eigenvalue weighted by atomic mass is 10.4. The number of hydrogen-bond donors (Lipinski definition) is 0. The van der Waals surface area contributed by atoms with Crippen LogP contribution in [0, 0.1) is 11.3 Å². The highest BCUT2D eigenvalue weighted by atomic mass is 15.2. The largest absolute Gasteiger partial charge is 0.356 e. The predicted molar refractivity (Wildman–Crippen MR) is 62.4 cm³/mol. The lowest BCUT2D eigenvalue weighted by molar-refractivity contribution is 0.912. The van der Waals surface area contributed by atoms with E-state index in [1.54, 1.807) is 6.33 Å². The number of nitriles is 1. The van der Waals surface area contributed by atoms with Crippen LogP contribution in [0.25, 0.3) is 0 Å². The van der Waals surface area contributed by atoms with E-state index in [0.717, 1.165) is 24.7 Å². The van der Waals surface area contributed by atoms with E-state index in [4.69, 9.17) is 5.26 Å². The van der Waals surface area contributed by atoms with E-state index in [0.29, 0.717) is 6.54 Å². The fraction of sp³-hybridized carbons (Fsp3) is 0.545. The molecule has 5 heteroatoms. The van der Waals surface area contributed by atoms with Crippen LogP contribution in [0.3, 0.4) is 0 Å². The first kappa shape index (κ1) is 10.7. The number of anilines is 2. The second-order valence-corrected chi connectivity index (χ2v) is 3.94. The Morgan fingerprint density at radius 2 is 2.19 bits per heavy atom. The first-order chi connectivity index (χ1) is 7.81. The van der Waals surface area contributed by atoms with Crippen LogP contribution in [-0.2, 0) is 0 Å². The molecule has 0 unspecified atom stereocenters. The zero-order valence-corrected chi connectivity index (χ0v) is 9.43. The van der Waals surface area contributed by atoms with Crippen molar-refractivity contribution >= 4 is 11.6 Å². The lowest BCUT2D eigenvalue weighted by Crippen LogP contribution is -2.22. The van der Waals surface area contributed by atoms with Crippen molar-refractivity contribution < 1.29 is 0 Å². The van der Waals surface area contributed by atoms with E-state index in [-0.39, 0.29) is 0 Å². The Morgan fingerprint density at radius 3 is 2.88 bits per heavy atom. The quantitative estimate of drug-likeness (QED) is 0.708. The van der Waals surface area contributed by atoms with Gasteiger partial charge in [-0.15, -0.1) is 0 Å². The van der Waals surface area contributed by atoms with E-state index >= 15 is 0 Å². The van der Waals surface area contributed by atoms with Crippen molar-refractivity contribution in [2.24, 2.45) is 0 Å². The minimum Gasteiger partial charge on any atom is -0.356 e. The summed E-state index contributed by atoms with van der Waals surface area (Å²) >= 11 is 0. The van der Waals surface area contributed by atoms with Crippen molar-refractivity contribution in [1.29, 1.82) is 5.26 Å². The average molecular weight is 217 g/mol. The van der Waals surface area contributed by atoms with Crippen molar-refractivity contribution in [2.45, 2.75) is 12.8 Å². The molecule has 5 nitrogen and oxygen atoms in total. The van der Waals surface area contributed by atoms with Crippen molar-refractivity contribution in [1.82, 2.24) is 9.97 Å². The molecule has 0 saturated carbocycles. The van der Waals surface area contributed by atoms with Gasteiger partial charge < -0.3 is 9.80 Å². The highest BCUT2D eigenvalue weighted by Crippen LogP contribution is 2.20. The standard InChI is InChI=1S/C11H15N5/c1-15(7-4-12)10-8-11(14-9-13-10)16-5-2-3-6-16/h8-9H,2-3,5-7H2,1H3. The van der Waals surface area contributed by atoms with Gasteiger partial charge in [0.2, 0.25) is 0 Å². The summed E-state index contributed by atoms with van der Waals surface area (Å²) in [5.74, 6) is 1.77. The molecular weight excluding hydrogens is 202 g/mol. The first-order valence-corrected chi connectivity index (χ1v) is 5.46. The van der Waals surface area contributed by atoms with Gasteiger partial charge in [0, 0.05) is 26.2 Å². The van der Waals surface area contributed by atoms with Crippen LogP contribution in [0.4, 0.5) is 11.6 Å². The minimum absolute atomic E-state index is 0.344. The Kier molecular flexibility index (Phi) is 3.20. The average Bonchev–Trinajstić information content (AvgIpc) is 2.83. The number of rotatable bonds is 3. The monoisotopic (exact) mass is 217 g/mol. The zero-order valence-electron chi connectivity index (χ0n) is 9.43. The van der Waals surface area contributed by atoms with Crippen LogP contribution in [0.2, 0.25) is 0 Å². The Morgan fingerprint density at radius 1 is 1.44 bits per heavy atom. The summed E-state index contributed by atoms with van der Waals surface area (Å²) in [6, 6.07) is 4.05. The molecule has 0 amide bonds. The maximum atomic E-state index is 8.63. The van der Waals surface area contributed by atoms with Gasteiger partial charge in [0.25, 0.3) is 0 Å². The SMILES string of the molecule is CN(CC#N)c1cc(N2CCCC2)ncn1. The molecule has 2 heterocycles. The van der Waals surface area contributed by atoms with Crippen molar-refractivity contribution in [3.8, 4) is 6.07 Å². The third-order valence-electron chi connectivity index (χ3n) is 2.77. The zero-order chi connectivity index (χ0) is 11.4. The minimum atomic E-state index is 0.344. The summed E-state index contributed by atoms with van der Waals surface area (Å²) < 4.78 is 0. The second-order valence-electron chi connectivity index (χ2n) is 3.94. The van der Waals surface area contributed by atoms with Gasteiger partial charge in [-0.3, -0.25) is 0 Å². The van der Waals surface area contributed by atoms with Crippen molar-refractivity contribution in [2.75, 3.05) is 36.5 Å². The normalized spacial score (nSPS) is 14.9. The molecule has 16 heavy (non-hydrogen) atoms. The Balaban J connectivity index is 2.16. The number of hydrogen-bond acceptors (Lipinski definition) is 5. The lowest BCUT2D eigenvalue weighted by Gasteiger charge is -2.19. The van der Waals surface area contributed by atoms with Crippen LogP contribution in [0.5, 0.6) is 0 Å². The summed E-state index contributed by atoms with van der Waals surface area (Å²) in [4.78, 5) is 12.5. The molecule has 1 saturated heterocycles. The van der Waals surface area contributed by atoms with Gasteiger partial charge in [-0.1, -0.05) is 0 Å². The maximum Gasteiger partial charge on any atom is 0.134 e. The summed E-state index contributed by atoms with van der Waals surface area (Å²) in [5, 5.41) is 8.63. The number of aromatic nitrogens is 2. The molecule has 0 bridgehead atoms. The highest BCUT2D eigenvalue weighted by Gasteiger charge is 2.14. The first-order valence-electron chi connectivity index (χ1n) is 5.46. The summed E-state index contributed by atoms with van der Waals surface area (Å²) in [5.41, 5.74) is 0. The molecule has 0 spiro atoms. The van der Waals surface area contributed by atoms with Gasteiger partial charge in [-0.05, 0) is 12.8 Å². The van der Waals surface area contributed by atoms with Crippen LogP contribution in [0.1, 0.15) is 12.8 Å². The topological polar surface area (TPSA) is 56.1 Å². The summed E-state index contributed by atoms with van der Waals surface area (Å²) in [6.07, 6.45) is 4.03. The second kappa shape index (κ2) is 4.79. The molecule has 1 aliphatic rings. The Bertz CT molecular complexity index is 392. The van der Waals surface area contributed by atoms with Crippen molar-refractivity contribution in [3.63, 3.8) is 0 Å². The molecule has 0 aliphatic carbocycles. The van der Waals surface area contributed by atoms with Gasteiger partial charge in [-0.25, -0.2) is 9.97 Å².